The minimum absolute atomic E-state index is 0.136. The summed E-state index contributed by atoms with van der Waals surface area (Å²) >= 11 is 0. The first-order valence-corrected chi connectivity index (χ1v) is 10.6. The average Bonchev–Trinajstić information content (AvgIpc) is 2.62. The van der Waals surface area contributed by atoms with E-state index in [4.69, 9.17) is 4.74 Å². The summed E-state index contributed by atoms with van der Waals surface area (Å²) < 4.78 is 32.7. The van der Waals surface area contributed by atoms with Crippen molar-refractivity contribution in [2.75, 3.05) is 26.2 Å². The smallest absolute Gasteiger partial charge is 0.265 e. The van der Waals surface area contributed by atoms with Crippen LogP contribution in [-0.4, -0.2) is 62.0 Å². The molecular weight excluding hydrogens is 354 g/mol. The SMILES string of the molecule is C[C@@H]1CN(S(=O)(=O)c2ccc(C(=O)NN3CCCCC3)cc2)C[C@@H](C)O1. The van der Waals surface area contributed by atoms with Gasteiger partial charge in [0, 0.05) is 31.7 Å². The van der Waals surface area contributed by atoms with Gasteiger partial charge < -0.3 is 4.74 Å². The Hall–Kier alpha value is -1.48. The Morgan fingerprint density at radius 3 is 2.19 bits per heavy atom. The van der Waals surface area contributed by atoms with Crippen molar-refractivity contribution in [2.45, 2.75) is 50.2 Å². The summed E-state index contributed by atoms with van der Waals surface area (Å²) in [5.41, 5.74) is 3.34. The second kappa shape index (κ2) is 8.04. The molecule has 0 aliphatic carbocycles. The molecule has 0 unspecified atom stereocenters. The molecule has 26 heavy (non-hydrogen) atoms. The molecule has 2 fully saturated rings. The number of ether oxygens (including phenoxy) is 1. The molecule has 7 nitrogen and oxygen atoms in total. The Kier molecular flexibility index (Phi) is 5.96. The molecule has 0 aromatic heterocycles. The number of piperidine rings is 1. The number of hydrogen-bond acceptors (Lipinski definition) is 5. The molecule has 1 aromatic rings. The molecule has 0 spiro atoms. The van der Waals surface area contributed by atoms with Crippen molar-refractivity contribution in [1.82, 2.24) is 14.7 Å². The Labute approximate surface area is 155 Å². The van der Waals surface area contributed by atoms with Crippen LogP contribution < -0.4 is 5.43 Å². The number of nitrogens with zero attached hydrogens (tertiary/aromatic N) is 2. The highest BCUT2D eigenvalue weighted by atomic mass is 32.2. The van der Waals surface area contributed by atoms with Crippen LogP contribution in [0.15, 0.2) is 29.2 Å². The number of hydrogen-bond donors (Lipinski definition) is 1. The monoisotopic (exact) mass is 381 g/mol. The number of carbonyl (C=O) groups excluding carboxylic acids is 1. The molecule has 2 aliphatic rings. The number of sulfonamides is 1. The van der Waals surface area contributed by atoms with E-state index in [1.54, 1.807) is 12.1 Å². The zero-order valence-corrected chi connectivity index (χ0v) is 16.2. The zero-order valence-electron chi connectivity index (χ0n) is 15.3. The number of morpholine rings is 1. The van der Waals surface area contributed by atoms with Gasteiger partial charge in [-0.05, 0) is 51.0 Å². The van der Waals surface area contributed by atoms with Crippen LogP contribution in [0, 0.1) is 0 Å². The van der Waals surface area contributed by atoms with Crippen LogP contribution in [0.1, 0.15) is 43.5 Å². The summed E-state index contributed by atoms with van der Waals surface area (Å²) in [5.74, 6) is -0.204. The maximum Gasteiger partial charge on any atom is 0.265 e. The normalized spacial score (nSPS) is 25.8. The molecule has 2 heterocycles. The van der Waals surface area contributed by atoms with Gasteiger partial charge in [-0.1, -0.05) is 6.42 Å². The van der Waals surface area contributed by atoms with Crippen LogP contribution in [0.25, 0.3) is 0 Å². The van der Waals surface area contributed by atoms with Gasteiger partial charge >= 0.3 is 0 Å². The van der Waals surface area contributed by atoms with E-state index in [1.807, 2.05) is 18.9 Å². The van der Waals surface area contributed by atoms with E-state index in [-0.39, 0.29) is 23.0 Å². The Balaban J connectivity index is 1.69. The van der Waals surface area contributed by atoms with Gasteiger partial charge in [-0.3, -0.25) is 10.2 Å². The number of amides is 1. The average molecular weight is 381 g/mol. The van der Waals surface area contributed by atoms with Crippen LogP contribution in [0.2, 0.25) is 0 Å². The minimum atomic E-state index is -3.59. The standard InChI is InChI=1S/C18H27N3O4S/c1-14-12-21(13-15(2)25-14)26(23,24)17-8-6-16(7-9-17)18(22)19-20-10-4-3-5-11-20/h6-9,14-15H,3-5,10-13H2,1-2H3,(H,19,22)/t14-,15-/m1/s1. The van der Waals surface area contributed by atoms with Gasteiger partial charge in [0.25, 0.3) is 5.91 Å². The first-order valence-electron chi connectivity index (χ1n) is 9.18. The summed E-state index contributed by atoms with van der Waals surface area (Å²) in [7, 11) is -3.59. The third-order valence-corrected chi connectivity index (χ3v) is 6.60. The van der Waals surface area contributed by atoms with Crippen molar-refractivity contribution in [3.63, 3.8) is 0 Å². The van der Waals surface area contributed by atoms with Crippen LogP contribution in [0.5, 0.6) is 0 Å². The Bertz CT molecular complexity index is 719. The molecule has 0 radical (unpaired) electrons. The number of carbonyl (C=O) groups is 1. The molecule has 2 aliphatic heterocycles. The summed E-state index contributed by atoms with van der Waals surface area (Å²) in [5, 5.41) is 1.92. The van der Waals surface area contributed by atoms with E-state index in [0.717, 1.165) is 25.9 Å². The van der Waals surface area contributed by atoms with Gasteiger partial charge in [0.2, 0.25) is 10.0 Å². The maximum absolute atomic E-state index is 12.8. The van der Waals surface area contributed by atoms with Crippen molar-refractivity contribution in [3.8, 4) is 0 Å². The second-order valence-corrected chi connectivity index (χ2v) is 9.03. The fraction of sp³-hybridized carbons (Fsp3) is 0.611. The molecule has 2 atom stereocenters. The van der Waals surface area contributed by atoms with Crippen LogP contribution in [0.3, 0.4) is 0 Å². The first-order chi connectivity index (χ1) is 12.4. The predicted molar refractivity (Wildman–Crippen MR) is 98.1 cm³/mol. The number of benzene rings is 1. The lowest BCUT2D eigenvalue weighted by Crippen LogP contribution is -2.48. The molecule has 8 heteroatoms. The maximum atomic E-state index is 12.8. The van der Waals surface area contributed by atoms with Crippen LogP contribution in [-0.2, 0) is 14.8 Å². The quantitative estimate of drug-likeness (QED) is 0.857. The van der Waals surface area contributed by atoms with Gasteiger partial charge in [-0.15, -0.1) is 0 Å². The lowest BCUT2D eigenvalue weighted by molar-refractivity contribution is -0.0440. The number of rotatable bonds is 4. The van der Waals surface area contributed by atoms with Crippen molar-refractivity contribution >= 4 is 15.9 Å². The van der Waals surface area contributed by atoms with E-state index in [0.29, 0.717) is 18.7 Å². The molecule has 2 saturated heterocycles. The summed E-state index contributed by atoms with van der Waals surface area (Å²) in [6.45, 7) is 6.11. The summed E-state index contributed by atoms with van der Waals surface area (Å²) in [6, 6.07) is 6.15. The lowest BCUT2D eigenvalue weighted by atomic mass is 10.1. The largest absolute Gasteiger partial charge is 0.373 e. The summed E-state index contributed by atoms with van der Waals surface area (Å²) in [6.07, 6.45) is 3.07. The highest BCUT2D eigenvalue weighted by molar-refractivity contribution is 7.89. The molecule has 3 rings (SSSR count). The van der Waals surface area contributed by atoms with Crippen LogP contribution in [0.4, 0.5) is 0 Å². The fourth-order valence-corrected chi connectivity index (χ4v) is 5.06. The van der Waals surface area contributed by atoms with Gasteiger partial charge in [0.15, 0.2) is 0 Å². The van der Waals surface area contributed by atoms with Crippen molar-refractivity contribution in [2.24, 2.45) is 0 Å². The second-order valence-electron chi connectivity index (χ2n) is 7.09. The van der Waals surface area contributed by atoms with E-state index in [2.05, 4.69) is 5.43 Å². The number of hydrazine groups is 1. The van der Waals surface area contributed by atoms with Crippen molar-refractivity contribution < 1.29 is 17.9 Å². The van der Waals surface area contributed by atoms with Gasteiger partial charge in [0.1, 0.15) is 0 Å². The highest BCUT2D eigenvalue weighted by Gasteiger charge is 2.32. The zero-order chi connectivity index (χ0) is 18.7. The Morgan fingerprint density at radius 1 is 1.04 bits per heavy atom. The topological polar surface area (TPSA) is 79.0 Å². The molecule has 1 amide bonds. The third-order valence-electron chi connectivity index (χ3n) is 4.76. The van der Waals surface area contributed by atoms with Crippen LogP contribution >= 0.6 is 0 Å². The van der Waals surface area contributed by atoms with E-state index in [9.17, 15) is 13.2 Å². The van der Waals surface area contributed by atoms with Crippen molar-refractivity contribution in [1.29, 1.82) is 0 Å². The van der Waals surface area contributed by atoms with Gasteiger partial charge in [-0.2, -0.15) is 4.31 Å². The third kappa shape index (κ3) is 4.43. The van der Waals surface area contributed by atoms with Gasteiger partial charge in [-0.25, -0.2) is 13.4 Å². The molecule has 0 bridgehead atoms. The molecule has 1 aromatic carbocycles. The predicted octanol–water partition coefficient (Wildman–Crippen LogP) is 1.62. The first kappa shape index (κ1) is 19.3. The fourth-order valence-electron chi connectivity index (χ4n) is 3.47. The molecule has 0 saturated carbocycles. The molecular formula is C18H27N3O4S. The Morgan fingerprint density at radius 2 is 1.62 bits per heavy atom. The lowest BCUT2D eigenvalue weighted by Gasteiger charge is -2.34. The summed E-state index contributed by atoms with van der Waals surface area (Å²) in [4.78, 5) is 12.5. The molecule has 144 valence electrons. The van der Waals surface area contributed by atoms with E-state index >= 15 is 0 Å². The minimum Gasteiger partial charge on any atom is -0.373 e. The number of nitrogens with one attached hydrogen (secondary N) is 1. The van der Waals surface area contributed by atoms with E-state index < -0.39 is 10.0 Å². The highest BCUT2D eigenvalue weighted by Crippen LogP contribution is 2.21. The van der Waals surface area contributed by atoms with E-state index in [1.165, 1.54) is 22.9 Å². The molecule has 1 N–H and O–H groups in total. The van der Waals surface area contributed by atoms with Crippen molar-refractivity contribution in [3.05, 3.63) is 29.8 Å². The van der Waals surface area contributed by atoms with Gasteiger partial charge in [0.05, 0.1) is 17.1 Å².